The van der Waals surface area contributed by atoms with Gasteiger partial charge in [-0.05, 0) is 34.5 Å². The van der Waals surface area contributed by atoms with Crippen LogP contribution in [0.1, 0.15) is 30.8 Å². The maximum absolute atomic E-state index is 14.8. The van der Waals surface area contributed by atoms with E-state index in [2.05, 4.69) is 30.4 Å². The van der Waals surface area contributed by atoms with Crippen LogP contribution in [-0.2, 0) is 0 Å². The highest BCUT2D eigenvalue weighted by molar-refractivity contribution is 9.10. The lowest BCUT2D eigenvalue weighted by molar-refractivity contribution is -0.286. The number of aromatic nitrogens is 1. The number of anilines is 1. The summed E-state index contributed by atoms with van der Waals surface area (Å²) in [5, 5.41) is -0.321. The van der Waals surface area contributed by atoms with Crippen LogP contribution < -0.4 is 15.2 Å². The van der Waals surface area contributed by atoms with E-state index < -0.39 is 40.9 Å². The predicted molar refractivity (Wildman–Crippen MR) is 96.7 cm³/mol. The van der Waals surface area contributed by atoms with Crippen molar-refractivity contribution in [3.8, 4) is 22.8 Å². The van der Waals surface area contributed by atoms with Crippen LogP contribution in [-0.4, -0.2) is 17.1 Å². The first-order valence-electron chi connectivity index (χ1n) is 7.84. The summed E-state index contributed by atoms with van der Waals surface area (Å²) in [5.41, 5.74) is 4.38. The molecule has 0 fully saturated rings. The number of carbonyl (C=O) groups excluding carboxylic acids is 1. The molecule has 0 saturated heterocycles. The minimum Gasteiger partial charge on any atom is -0.395 e. The summed E-state index contributed by atoms with van der Waals surface area (Å²) in [6.07, 6.45) is -3.43. The molecule has 1 aromatic carbocycles. The van der Waals surface area contributed by atoms with Crippen molar-refractivity contribution in [1.29, 1.82) is 0 Å². The second-order valence-electron chi connectivity index (χ2n) is 5.94. The molecule has 0 amide bonds. The van der Waals surface area contributed by atoms with Crippen LogP contribution in [0.4, 0.5) is 18.9 Å². The van der Waals surface area contributed by atoms with Gasteiger partial charge < -0.3 is 15.2 Å². The number of hydrogen-bond acceptors (Lipinski definition) is 5. The number of nitrogen functional groups attached to an aromatic ring is 1. The summed E-state index contributed by atoms with van der Waals surface area (Å²) in [4.78, 5) is 16.5. The second-order valence-corrected chi connectivity index (χ2v) is 7.18. The number of ether oxygens (including phenoxy) is 2. The van der Waals surface area contributed by atoms with Gasteiger partial charge in [-0.2, -0.15) is 0 Å². The molecule has 0 aliphatic carbocycles. The first kappa shape index (κ1) is 19.8. The van der Waals surface area contributed by atoms with Crippen molar-refractivity contribution in [3.05, 3.63) is 33.1 Å². The number of hydrogen-bond donors (Lipinski definition) is 1. The molecule has 0 saturated carbocycles. The van der Waals surface area contributed by atoms with Gasteiger partial charge in [0.25, 0.3) is 0 Å². The lowest BCUT2D eigenvalue weighted by atomic mass is 9.99. The second kappa shape index (κ2) is 6.87. The molecule has 1 unspecified atom stereocenters. The molecule has 10 heteroatoms. The molecule has 1 atom stereocenters. The van der Waals surface area contributed by atoms with E-state index in [1.54, 1.807) is 13.8 Å². The van der Waals surface area contributed by atoms with Gasteiger partial charge in [-0.3, -0.25) is 4.79 Å². The highest BCUT2D eigenvalue weighted by atomic mass is 79.9. The maximum atomic E-state index is 14.8. The summed E-state index contributed by atoms with van der Waals surface area (Å²) in [6.45, 7) is 3.45. The molecule has 1 aromatic heterocycles. The molecule has 1 aliphatic rings. The topological polar surface area (TPSA) is 74.4 Å². The molecule has 2 aromatic rings. The normalized spacial score (nSPS) is 15.7. The number of fused-ring (bicyclic) bond motifs is 1. The average Bonchev–Trinajstić information content (AvgIpc) is 2.96. The Bertz CT molecular complexity index is 956. The number of Topliss-reactive ketones (excluding diaryl/α,β-unsaturated/α-hetero) is 1. The van der Waals surface area contributed by atoms with Gasteiger partial charge in [-0.15, -0.1) is 8.78 Å². The summed E-state index contributed by atoms with van der Waals surface area (Å²) in [6, 6.07) is 2.66. The van der Waals surface area contributed by atoms with Crippen molar-refractivity contribution in [2.24, 2.45) is 5.92 Å². The van der Waals surface area contributed by atoms with E-state index in [0.717, 1.165) is 0 Å². The molecule has 0 spiro atoms. The first-order valence-corrected chi connectivity index (χ1v) is 9.01. The Morgan fingerprint density at radius 3 is 2.63 bits per heavy atom. The molecule has 2 heterocycles. The van der Waals surface area contributed by atoms with Crippen LogP contribution in [0.5, 0.6) is 11.5 Å². The number of nitrogens with zero attached hydrogens (tertiary/aromatic N) is 1. The highest BCUT2D eigenvalue weighted by Gasteiger charge is 2.46. The maximum Gasteiger partial charge on any atom is 0.586 e. The van der Waals surface area contributed by atoms with Gasteiger partial charge in [-0.1, -0.05) is 25.4 Å². The Kier molecular flexibility index (Phi) is 5.02. The van der Waals surface area contributed by atoms with E-state index in [0.29, 0.717) is 6.42 Å². The Hall–Kier alpha value is -2.00. The van der Waals surface area contributed by atoms with E-state index in [1.807, 2.05) is 0 Å². The molecular weight excluding hydrogens is 453 g/mol. The summed E-state index contributed by atoms with van der Waals surface area (Å²) in [7, 11) is 0. The van der Waals surface area contributed by atoms with Crippen LogP contribution in [0, 0.1) is 11.7 Å². The molecule has 3 rings (SSSR count). The lowest BCUT2D eigenvalue weighted by Crippen LogP contribution is -2.26. The number of carbonyl (C=O) groups is 1. The smallest absolute Gasteiger partial charge is 0.395 e. The minimum atomic E-state index is -3.93. The SMILES string of the molecule is CCC(C)C(=O)c1nc(-c2ccc(Br)c3c2OC(F)(F)O3)c(F)c(N)c1Cl. The van der Waals surface area contributed by atoms with Gasteiger partial charge in [0.05, 0.1) is 15.2 Å². The lowest BCUT2D eigenvalue weighted by Gasteiger charge is -2.14. The zero-order valence-electron chi connectivity index (χ0n) is 14.1. The van der Waals surface area contributed by atoms with Crippen molar-refractivity contribution in [2.75, 3.05) is 5.73 Å². The van der Waals surface area contributed by atoms with Gasteiger partial charge in [0, 0.05) is 11.5 Å². The van der Waals surface area contributed by atoms with Crippen LogP contribution >= 0.6 is 27.5 Å². The van der Waals surface area contributed by atoms with E-state index in [9.17, 15) is 18.0 Å². The Morgan fingerprint density at radius 1 is 1.37 bits per heavy atom. The molecule has 27 heavy (non-hydrogen) atoms. The molecule has 2 N–H and O–H groups in total. The Morgan fingerprint density at radius 2 is 2.00 bits per heavy atom. The van der Waals surface area contributed by atoms with E-state index >= 15 is 0 Å². The zero-order chi connectivity index (χ0) is 20.1. The van der Waals surface area contributed by atoms with E-state index in [-0.39, 0.29) is 26.5 Å². The monoisotopic (exact) mass is 464 g/mol. The quantitative estimate of drug-likeness (QED) is 0.609. The summed E-state index contributed by atoms with van der Waals surface area (Å²) >= 11 is 9.07. The van der Waals surface area contributed by atoms with Gasteiger partial charge in [0.2, 0.25) is 0 Å². The molecule has 0 bridgehead atoms. The molecule has 0 radical (unpaired) electrons. The number of alkyl halides is 2. The fourth-order valence-corrected chi connectivity index (χ4v) is 3.11. The van der Waals surface area contributed by atoms with Crippen LogP contribution in [0.15, 0.2) is 16.6 Å². The number of halogens is 5. The van der Waals surface area contributed by atoms with Crippen molar-refractivity contribution < 1.29 is 27.4 Å². The number of nitrogens with two attached hydrogens (primary N) is 1. The molecule has 1 aliphatic heterocycles. The third-order valence-electron chi connectivity index (χ3n) is 4.17. The largest absolute Gasteiger partial charge is 0.586 e. The average molecular weight is 466 g/mol. The number of rotatable bonds is 4. The van der Waals surface area contributed by atoms with Gasteiger partial charge in [0.1, 0.15) is 11.4 Å². The van der Waals surface area contributed by atoms with Crippen molar-refractivity contribution in [3.63, 3.8) is 0 Å². The Balaban J connectivity index is 2.24. The van der Waals surface area contributed by atoms with Crippen LogP contribution in [0.3, 0.4) is 0 Å². The fourth-order valence-electron chi connectivity index (χ4n) is 2.50. The zero-order valence-corrected chi connectivity index (χ0v) is 16.4. The summed E-state index contributed by atoms with van der Waals surface area (Å²) < 4.78 is 50.9. The number of pyridine rings is 1. The highest BCUT2D eigenvalue weighted by Crippen LogP contribution is 2.51. The van der Waals surface area contributed by atoms with Crippen molar-refractivity contribution in [1.82, 2.24) is 4.98 Å². The molecular formula is C17H13BrClF3N2O3. The standard InChI is InChI=1S/C17H13BrClF3N2O3/c1-3-6(2)14(25)13-9(19)11(23)10(20)12(24-13)7-4-5-8(18)16-15(7)26-17(21,22)27-16/h4-6H,3H2,1-2H3,(H2,23,24). The van der Waals surface area contributed by atoms with E-state index in [1.165, 1.54) is 12.1 Å². The van der Waals surface area contributed by atoms with Crippen LogP contribution in [0.2, 0.25) is 5.02 Å². The third kappa shape index (κ3) is 3.34. The summed E-state index contributed by atoms with van der Waals surface area (Å²) in [5.74, 6) is -2.67. The first-order chi connectivity index (χ1) is 12.6. The minimum absolute atomic E-state index is 0.149. The van der Waals surface area contributed by atoms with Gasteiger partial charge >= 0.3 is 6.29 Å². The van der Waals surface area contributed by atoms with E-state index in [4.69, 9.17) is 17.3 Å². The van der Waals surface area contributed by atoms with Gasteiger partial charge in [0.15, 0.2) is 23.1 Å². The Labute approximate surface area is 165 Å². The predicted octanol–water partition coefficient (Wildman–Crippen LogP) is 5.44. The third-order valence-corrected chi connectivity index (χ3v) is 5.17. The number of benzene rings is 1. The molecule has 5 nitrogen and oxygen atoms in total. The van der Waals surface area contributed by atoms with Crippen molar-refractivity contribution in [2.45, 2.75) is 26.6 Å². The van der Waals surface area contributed by atoms with Gasteiger partial charge in [-0.25, -0.2) is 9.37 Å². The molecule has 144 valence electrons. The fraction of sp³-hybridized carbons (Fsp3) is 0.294. The number of ketones is 1. The van der Waals surface area contributed by atoms with Crippen molar-refractivity contribution >= 4 is 39.0 Å². The van der Waals surface area contributed by atoms with Crippen LogP contribution in [0.25, 0.3) is 11.3 Å².